The van der Waals surface area contributed by atoms with Crippen molar-refractivity contribution >= 4 is 5.91 Å². The van der Waals surface area contributed by atoms with Crippen LogP contribution in [-0.2, 0) is 4.79 Å². The Morgan fingerprint density at radius 3 is 2.15 bits per heavy atom. The van der Waals surface area contributed by atoms with E-state index in [9.17, 15) is 20.1 Å². The minimum absolute atomic E-state index is 0.380. The van der Waals surface area contributed by atoms with E-state index < -0.39 is 36.9 Å². The molecule has 0 spiro atoms. The van der Waals surface area contributed by atoms with Crippen LogP contribution in [-0.4, -0.2) is 69.0 Å². The smallest absolute Gasteiger partial charge is 0.251 e. The molecule has 1 amide bonds. The predicted octanol–water partition coefficient (Wildman–Crippen LogP) is -1.49. The van der Waals surface area contributed by atoms with Crippen LogP contribution in [0.4, 0.5) is 0 Å². The zero-order valence-electron chi connectivity index (χ0n) is 11.9. The van der Waals surface area contributed by atoms with Crippen molar-refractivity contribution in [2.24, 2.45) is 0 Å². The first-order valence-electron chi connectivity index (χ1n) is 7.06. The molecule has 0 saturated carbocycles. The summed E-state index contributed by atoms with van der Waals surface area (Å²) >= 11 is 0. The van der Waals surface area contributed by atoms with Gasteiger partial charge in [-0.05, 0) is 6.42 Å². The number of unbranched alkanes of at least 4 members (excludes halogenated alkanes) is 4. The second-order valence-corrected chi connectivity index (χ2v) is 4.88. The lowest BCUT2D eigenvalue weighted by molar-refractivity contribution is -0.148. The first kappa shape index (κ1) is 19.3. The molecule has 0 rings (SSSR count). The van der Waals surface area contributed by atoms with Crippen LogP contribution in [0, 0.1) is 0 Å². The van der Waals surface area contributed by atoms with Gasteiger partial charge in [0.05, 0.1) is 6.61 Å². The predicted molar refractivity (Wildman–Crippen MR) is 72.9 cm³/mol. The summed E-state index contributed by atoms with van der Waals surface area (Å²) in [6.07, 6.45) is -2.00. The summed E-state index contributed by atoms with van der Waals surface area (Å²) in [7, 11) is 0. The van der Waals surface area contributed by atoms with E-state index in [1.165, 1.54) is 0 Å². The average molecular weight is 293 g/mol. The van der Waals surface area contributed by atoms with Gasteiger partial charge in [-0.2, -0.15) is 0 Å². The molecule has 120 valence electrons. The van der Waals surface area contributed by atoms with Gasteiger partial charge in [0, 0.05) is 6.54 Å². The normalized spacial score (nSPS) is 17.3. The maximum Gasteiger partial charge on any atom is 0.251 e. The largest absolute Gasteiger partial charge is 0.394 e. The van der Waals surface area contributed by atoms with E-state index in [0.717, 1.165) is 32.1 Å². The molecule has 0 aliphatic rings. The molecule has 0 aromatic heterocycles. The fraction of sp³-hybridized carbons (Fsp3) is 0.923. The third-order valence-corrected chi connectivity index (χ3v) is 3.10. The maximum absolute atomic E-state index is 11.5. The Bertz CT molecular complexity index is 263. The van der Waals surface area contributed by atoms with Crippen molar-refractivity contribution in [2.45, 2.75) is 63.4 Å². The van der Waals surface area contributed by atoms with Crippen LogP contribution in [0.3, 0.4) is 0 Å². The third-order valence-electron chi connectivity index (χ3n) is 3.10. The van der Waals surface area contributed by atoms with Crippen molar-refractivity contribution in [3.63, 3.8) is 0 Å². The number of aliphatic hydroxyl groups is 5. The highest BCUT2D eigenvalue weighted by atomic mass is 16.4. The lowest BCUT2D eigenvalue weighted by Gasteiger charge is -2.24. The maximum atomic E-state index is 11.5. The van der Waals surface area contributed by atoms with E-state index in [2.05, 4.69) is 12.2 Å². The molecule has 0 aromatic rings. The number of carbonyl (C=O) groups excluding carboxylic acids is 1. The first-order valence-corrected chi connectivity index (χ1v) is 7.06. The fourth-order valence-electron chi connectivity index (χ4n) is 1.72. The fourth-order valence-corrected chi connectivity index (χ4v) is 1.72. The summed E-state index contributed by atoms with van der Waals surface area (Å²) in [5.74, 6) is -0.808. The molecular formula is C13H27NO6. The lowest BCUT2D eigenvalue weighted by Crippen LogP contribution is -2.51. The van der Waals surface area contributed by atoms with E-state index in [0.29, 0.717) is 6.54 Å². The molecule has 7 heteroatoms. The second kappa shape index (κ2) is 11.0. The van der Waals surface area contributed by atoms with Gasteiger partial charge in [-0.25, -0.2) is 0 Å². The molecule has 0 aliphatic heterocycles. The van der Waals surface area contributed by atoms with Crippen LogP contribution in [0.2, 0.25) is 0 Å². The molecule has 0 radical (unpaired) electrons. The van der Waals surface area contributed by atoms with E-state index in [-0.39, 0.29) is 0 Å². The van der Waals surface area contributed by atoms with Crippen molar-refractivity contribution < 1.29 is 30.3 Å². The summed E-state index contributed by atoms with van der Waals surface area (Å²) in [6, 6.07) is 0. The van der Waals surface area contributed by atoms with E-state index >= 15 is 0 Å². The van der Waals surface area contributed by atoms with Crippen molar-refractivity contribution in [2.75, 3.05) is 13.2 Å². The standard InChI is InChI=1S/C13H27NO6/c1-2-3-4-5-6-7-14-13(20)12(19)11(18)10(17)9(16)8-15/h9-12,15-19H,2-8H2,1H3,(H,14,20)/t9-,10-,11+,12-/m1/s1. The Morgan fingerprint density at radius 1 is 1.00 bits per heavy atom. The zero-order chi connectivity index (χ0) is 15.5. The Balaban J connectivity index is 3.96. The number of rotatable bonds is 11. The molecule has 0 unspecified atom stereocenters. The molecule has 7 nitrogen and oxygen atoms in total. The Labute approximate surface area is 119 Å². The van der Waals surface area contributed by atoms with Gasteiger partial charge < -0.3 is 30.8 Å². The number of hydrogen-bond donors (Lipinski definition) is 6. The van der Waals surface area contributed by atoms with Gasteiger partial charge in [0.15, 0.2) is 6.10 Å². The third kappa shape index (κ3) is 7.16. The zero-order valence-corrected chi connectivity index (χ0v) is 11.9. The van der Waals surface area contributed by atoms with Crippen LogP contribution in [0.1, 0.15) is 39.0 Å². The van der Waals surface area contributed by atoms with Crippen molar-refractivity contribution in [3.8, 4) is 0 Å². The number of carbonyl (C=O) groups is 1. The highest BCUT2D eigenvalue weighted by Crippen LogP contribution is 2.06. The highest BCUT2D eigenvalue weighted by molar-refractivity contribution is 5.81. The molecule has 0 saturated heterocycles. The molecule has 0 heterocycles. The summed E-state index contributed by atoms with van der Waals surface area (Å²) in [5, 5.41) is 48.6. The van der Waals surface area contributed by atoms with Crippen LogP contribution in [0.15, 0.2) is 0 Å². The van der Waals surface area contributed by atoms with Gasteiger partial charge in [0.25, 0.3) is 5.91 Å². The monoisotopic (exact) mass is 293 g/mol. The van der Waals surface area contributed by atoms with Gasteiger partial charge in [0.2, 0.25) is 0 Å². The summed E-state index contributed by atoms with van der Waals surface area (Å²) in [5.41, 5.74) is 0. The van der Waals surface area contributed by atoms with Gasteiger partial charge >= 0.3 is 0 Å². The van der Waals surface area contributed by atoms with Gasteiger partial charge in [-0.15, -0.1) is 0 Å². The topological polar surface area (TPSA) is 130 Å². The molecule has 20 heavy (non-hydrogen) atoms. The van der Waals surface area contributed by atoms with E-state index in [1.807, 2.05) is 0 Å². The number of amides is 1. The minimum atomic E-state index is -1.85. The van der Waals surface area contributed by atoms with E-state index in [4.69, 9.17) is 10.2 Å². The Kier molecular flexibility index (Phi) is 10.6. The van der Waals surface area contributed by atoms with Crippen LogP contribution in [0.25, 0.3) is 0 Å². The minimum Gasteiger partial charge on any atom is -0.394 e. The van der Waals surface area contributed by atoms with Crippen molar-refractivity contribution in [3.05, 3.63) is 0 Å². The summed E-state index contributed by atoms with van der Waals surface area (Å²) in [6.45, 7) is 1.71. The molecule has 0 aromatic carbocycles. The van der Waals surface area contributed by atoms with Gasteiger partial charge in [-0.1, -0.05) is 32.6 Å². The Hall–Kier alpha value is -0.730. The average Bonchev–Trinajstić information content (AvgIpc) is 2.47. The number of nitrogens with one attached hydrogen (secondary N) is 1. The van der Waals surface area contributed by atoms with Crippen LogP contribution in [0.5, 0.6) is 0 Å². The highest BCUT2D eigenvalue weighted by Gasteiger charge is 2.33. The number of hydrogen-bond acceptors (Lipinski definition) is 6. The number of aliphatic hydroxyl groups excluding tert-OH is 5. The summed E-state index contributed by atoms with van der Waals surface area (Å²) in [4.78, 5) is 11.5. The molecule has 0 bridgehead atoms. The van der Waals surface area contributed by atoms with Crippen LogP contribution < -0.4 is 5.32 Å². The molecule has 0 fully saturated rings. The first-order chi connectivity index (χ1) is 9.45. The second-order valence-electron chi connectivity index (χ2n) is 4.88. The SMILES string of the molecule is CCCCCCCNC(=O)[C@H](O)[C@@H](O)[C@H](O)[C@H](O)CO. The summed E-state index contributed by atoms with van der Waals surface area (Å²) < 4.78 is 0. The van der Waals surface area contributed by atoms with Crippen LogP contribution >= 0.6 is 0 Å². The molecule has 4 atom stereocenters. The Morgan fingerprint density at radius 2 is 1.60 bits per heavy atom. The molecular weight excluding hydrogens is 266 g/mol. The van der Waals surface area contributed by atoms with Crippen molar-refractivity contribution in [1.29, 1.82) is 0 Å². The lowest BCUT2D eigenvalue weighted by atomic mass is 10.0. The molecule has 0 aliphatic carbocycles. The van der Waals surface area contributed by atoms with Crippen molar-refractivity contribution in [1.82, 2.24) is 5.32 Å². The molecule has 6 N–H and O–H groups in total. The van der Waals surface area contributed by atoms with E-state index in [1.54, 1.807) is 0 Å². The van der Waals surface area contributed by atoms with Gasteiger partial charge in [-0.3, -0.25) is 4.79 Å². The van der Waals surface area contributed by atoms with Gasteiger partial charge in [0.1, 0.15) is 18.3 Å². The quantitative estimate of drug-likeness (QED) is 0.257.